The van der Waals surface area contributed by atoms with Gasteiger partial charge in [-0.25, -0.2) is 0 Å². The third-order valence-corrected chi connectivity index (χ3v) is 6.14. The smallest absolute Gasteiger partial charge is 0.217 e. The van der Waals surface area contributed by atoms with Crippen molar-refractivity contribution in [3.05, 3.63) is 35.9 Å². The van der Waals surface area contributed by atoms with Crippen LogP contribution in [0.2, 0.25) is 0 Å². The Morgan fingerprint density at radius 2 is 1.88 bits per heavy atom. The van der Waals surface area contributed by atoms with Gasteiger partial charge in [-0.05, 0) is 69.0 Å². The van der Waals surface area contributed by atoms with Gasteiger partial charge in [0.05, 0.1) is 0 Å². The first kappa shape index (κ1) is 18.4. The van der Waals surface area contributed by atoms with Gasteiger partial charge in [-0.2, -0.15) is 0 Å². The summed E-state index contributed by atoms with van der Waals surface area (Å²) in [5.74, 6) is 1.47. The number of carbonyl (C=O) groups excluding carboxylic acids is 1. The lowest BCUT2D eigenvalue weighted by molar-refractivity contribution is -0.121. The van der Waals surface area contributed by atoms with Gasteiger partial charge in [0.15, 0.2) is 0 Å². The molecular weight excluding hydrogens is 308 g/mol. The topological polar surface area (TPSA) is 32.3 Å². The summed E-state index contributed by atoms with van der Waals surface area (Å²) in [5.41, 5.74) is 1.53. The zero-order valence-electron chi connectivity index (χ0n) is 16.1. The van der Waals surface area contributed by atoms with Crippen molar-refractivity contribution in [1.29, 1.82) is 0 Å². The molecule has 3 heteroatoms. The number of hydrogen-bond donors (Lipinski definition) is 1. The van der Waals surface area contributed by atoms with Gasteiger partial charge in [-0.3, -0.25) is 4.79 Å². The highest BCUT2D eigenvalue weighted by atomic mass is 16.1. The molecule has 3 rings (SSSR count). The number of rotatable bonds is 5. The summed E-state index contributed by atoms with van der Waals surface area (Å²) in [7, 11) is 0. The first-order valence-corrected chi connectivity index (χ1v) is 10.1. The van der Waals surface area contributed by atoms with Gasteiger partial charge in [-0.15, -0.1) is 0 Å². The van der Waals surface area contributed by atoms with Crippen LogP contribution in [0.5, 0.6) is 0 Å². The number of hydrogen-bond acceptors (Lipinski definition) is 2. The van der Waals surface area contributed by atoms with E-state index in [0.29, 0.717) is 12.0 Å². The first-order valence-electron chi connectivity index (χ1n) is 10.1. The third kappa shape index (κ3) is 4.63. The van der Waals surface area contributed by atoms with E-state index in [2.05, 4.69) is 54.4 Å². The van der Waals surface area contributed by atoms with Crippen LogP contribution >= 0.6 is 0 Å². The second-order valence-corrected chi connectivity index (χ2v) is 8.68. The number of likely N-dealkylation sites (tertiary alicyclic amines) is 1. The molecule has 1 N–H and O–H groups in total. The maximum absolute atomic E-state index is 11.7. The van der Waals surface area contributed by atoms with Crippen LogP contribution in [0, 0.1) is 5.92 Å². The fourth-order valence-electron chi connectivity index (χ4n) is 5.24. The van der Waals surface area contributed by atoms with Gasteiger partial charge in [0.25, 0.3) is 0 Å². The molecule has 138 valence electrons. The number of nitrogens with zero attached hydrogens (tertiary/aromatic N) is 1. The minimum absolute atomic E-state index is 0.0287. The molecule has 1 saturated carbocycles. The Hall–Kier alpha value is -1.35. The van der Waals surface area contributed by atoms with E-state index in [9.17, 15) is 4.79 Å². The van der Waals surface area contributed by atoms with Crippen LogP contribution in [0.4, 0.5) is 0 Å². The number of benzene rings is 1. The monoisotopic (exact) mass is 342 g/mol. The fourth-order valence-corrected chi connectivity index (χ4v) is 5.24. The van der Waals surface area contributed by atoms with E-state index in [0.717, 1.165) is 25.2 Å². The second kappa shape index (κ2) is 7.90. The summed E-state index contributed by atoms with van der Waals surface area (Å²) in [6.45, 7) is 8.59. The van der Waals surface area contributed by atoms with E-state index >= 15 is 0 Å². The van der Waals surface area contributed by atoms with Crippen molar-refractivity contribution in [2.45, 2.75) is 76.8 Å². The lowest BCUT2D eigenvalue weighted by atomic mass is 9.86. The lowest BCUT2D eigenvalue weighted by Crippen LogP contribution is -2.48. The highest BCUT2D eigenvalue weighted by Crippen LogP contribution is 2.39. The predicted molar refractivity (Wildman–Crippen MR) is 104 cm³/mol. The van der Waals surface area contributed by atoms with E-state index in [1.165, 1.54) is 37.9 Å². The van der Waals surface area contributed by atoms with Crippen molar-refractivity contribution in [2.75, 3.05) is 13.1 Å². The van der Waals surface area contributed by atoms with Crippen LogP contribution < -0.4 is 5.32 Å². The Bertz CT molecular complexity index is 563. The zero-order valence-corrected chi connectivity index (χ0v) is 16.1. The largest absolute Gasteiger partial charge is 0.351 e. The third-order valence-electron chi connectivity index (χ3n) is 6.14. The van der Waals surface area contributed by atoms with Crippen LogP contribution in [0.3, 0.4) is 0 Å². The summed E-state index contributed by atoms with van der Waals surface area (Å²) in [4.78, 5) is 14.4. The molecule has 1 aromatic carbocycles. The summed E-state index contributed by atoms with van der Waals surface area (Å²) >= 11 is 0. The Balaban J connectivity index is 1.58. The minimum Gasteiger partial charge on any atom is -0.351 e. The lowest BCUT2D eigenvalue weighted by Gasteiger charge is -2.38. The number of nitrogens with one attached hydrogen (secondary N) is 1. The quantitative estimate of drug-likeness (QED) is 0.863. The Morgan fingerprint density at radius 3 is 2.48 bits per heavy atom. The molecule has 2 aliphatic rings. The van der Waals surface area contributed by atoms with Gasteiger partial charge in [-0.1, -0.05) is 44.2 Å². The van der Waals surface area contributed by atoms with E-state index < -0.39 is 0 Å². The van der Waals surface area contributed by atoms with Crippen LogP contribution in [0.15, 0.2) is 30.3 Å². The number of carbonyl (C=O) groups is 1. The standard InChI is InChI=1S/C22H34N2O/c1-17(2)15-22(23-18(3)25)12-9-21(16-22)24-13-10-20(11-14-24)19-7-5-4-6-8-19/h4-8,17,20-21H,9-16H2,1-3H3,(H,23,25). The van der Waals surface area contributed by atoms with E-state index in [1.807, 2.05) is 0 Å². The fraction of sp³-hybridized carbons (Fsp3) is 0.682. The van der Waals surface area contributed by atoms with E-state index in [-0.39, 0.29) is 11.4 Å². The molecule has 2 unspecified atom stereocenters. The summed E-state index contributed by atoms with van der Waals surface area (Å²) in [6.07, 6.45) is 7.11. The van der Waals surface area contributed by atoms with Crippen molar-refractivity contribution >= 4 is 5.91 Å². The summed E-state index contributed by atoms with van der Waals surface area (Å²) in [5, 5.41) is 3.32. The molecule has 1 heterocycles. The minimum atomic E-state index is 0.0287. The van der Waals surface area contributed by atoms with E-state index in [4.69, 9.17) is 0 Å². The van der Waals surface area contributed by atoms with Crippen molar-refractivity contribution in [1.82, 2.24) is 10.2 Å². The van der Waals surface area contributed by atoms with Gasteiger partial charge in [0.2, 0.25) is 5.91 Å². The highest BCUT2D eigenvalue weighted by molar-refractivity contribution is 5.73. The summed E-state index contributed by atoms with van der Waals surface area (Å²) < 4.78 is 0. The second-order valence-electron chi connectivity index (χ2n) is 8.68. The molecule has 2 fully saturated rings. The van der Waals surface area contributed by atoms with Crippen LogP contribution in [0.1, 0.15) is 70.8 Å². The molecule has 0 radical (unpaired) electrons. The van der Waals surface area contributed by atoms with Crippen molar-refractivity contribution in [3.8, 4) is 0 Å². The molecule has 0 bridgehead atoms. The molecule has 1 saturated heterocycles. The van der Waals surface area contributed by atoms with Gasteiger partial charge in [0.1, 0.15) is 0 Å². The van der Waals surface area contributed by atoms with Crippen LogP contribution in [0.25, 0.3) is 0 Å². The molecule has 1 aromatic rings. The molecular formula is C22H34N2O. The maximum Gasteiger partial charge on any atom is 0.217 e. The Kier molecular flexibility index (Phi) is 5.83. The Morgan fingerprint density at radius 1 is 1.20 bits per heavy atom. The molecule has 2 atom stereocenters. The van der Waals surface area contributed by atoms with E-state index in [1.54, 1.807) is 6.92 Å². The number of amides is 1. The van der Waals surface area contributed by atoms with Crippen LogP contribution in [-0.4, -0.2) is 35.5 Å². The molecule has 1 amide bonds. The van der Waals surface area contributed by atoms with Crippen LogP contribution in [-0.2, 0) is 4.79 Å². The Labute approximate surface area is 153 Å². The zero-order chi connectivity index (χ0) is 17.9. The first-order chi connectivity index (χ1) is 12.0. The molecule has 0 spiro atoms. The maximum atomic E-state index is 11.7. The SMILES string of the molecule is CC(=O)NC1(CC(C)C)CCC(N2CCC(c3ccccc3)CC2)C1. The molecule has 3 nitrogen and oxygen atoms in total. The molecule has 0 aromatic heterocycles. The van der Waals surface area contributed by atoms with Gasteiger partial charge in [0, 0.05) is 18.5 Å². The van der Waals surface area contributed by atoms with Gasteiger partial charge < -0.3 is 10.2 Å². The van der Waals surface area contributed by atoms with Crippen molar-refractivity contribution in [2.24, 2.45) is 5.92 Å². The van der Waals surface area contributed by atoms with Crippen molar-refractivity contribution in [3.63, 3.8) is 0 Å². The molecule has 1 aliphatic carbocycles. The van der Waals surface area contributed by atoms with Crippen molar-refractivity contribution < 1.29 is 4.79 Å². The summed E-state index contributed by atoms with van der Waals surface area (Å²) in [6, 6.07) is 11.6. The predicted octanol–water partition coefficient (Wildman–Crippen LogP) is 4.34. The highest BCUT2D eigenvalue weighted by Gasteiger charge is 2.42. The normalized spacial score (nSPS) is 28.4. The average Bonchev–Trinajstić information content (AvgIpc) is 2.98. The molecule has 1 aliphatic heterocycles. The molecule has 25 heavy (non-hydrogen) atoms. The average molecular weight is 343 g/mol. The van der Waals surface area contributed by atoms with Gasteiger partial charge >= 0.3 is 0 Å². The number of piperidine rings is 1.